The van der Waals surface area contributed by atoms with Gasteiger partial charge in [-0.15, -0.1) is 0 Å². The topological polar surface area (TPSA) is 55.4 Å². The lowest BCUT2D eigenvalue weighted by Gasteiger charge is -2.09. The van der Waals surface area contributed by atoms with Gasteiger partial charge in [-0.3, -0.25) is 0 Å². The quantitative estimate of drug-likeness (QED) is 0.711. The highest BCUT2D eigenvalue weighted by molar-refractivity contribution is 9.09. The molecule has 8 heteroatoms. The predicted molar refractivity (Wildman–Crippen MR) is 52.1 cm³/mol. The fourth-order valence-electron chi connectivity index (χ4n) is 0.685. The summed E-state index contributed by atoms with van der Waals surface area (Å²) in [5.74, 6) is -3.38. The van der Waals surface area contributed by atoms with E-state index in [4.69, 9.17) is 4.74 Å². The molecule has 0 bridgehead atoms. The maximum atomic E-state index is 11.8. The molecule has 0 aromatic rings. The first kappa shape index (κ1) is 14.2. The third-order valence-corrected chi connectivity index (χ3v) is 3.14. The minimum atomic E-state index is -4.45. The third-order valence-electron chi connectivity index (χ3n) is 1.34. The van der Waals surface area contributed by atoms with Crippen LogP contribution in [0.15, 0.2) is 0 Å². The fraction of sp³-hybridized carbons (Fsp3) is 1.00. The summed E-state index contributed by atoms with van der Waals surface area (Å²) in [6.07, 6.45) is 0.389. The molecule has 1 atom stereocenters. The maximum absolute atomic E-state index is 11.8. The van der Waals surface area contributed by atoms with Gasteiger partial charge < -0.3 is 4.74 Å². The van der Waals surface area contributed by atoms with Gasteiger partial charge in [0, 0.05) is 18.5 Å². The summed E-state index contributed by atoms with van der Waals surface area (Å²) < 4.78 is 51.3. The van der Waals surface area contributed by atoms with Crippen LogP contribution in [0, 0.1) is 0 Å². The smallest absolute Gasteiger partial charge is 0.350 e. The van der Waals surface area contributed by atoms with E-state index in [0.717, 1.165) is 0 Å². The Bertz CT molecular complexity index is 247. The van der Waals surface area contributed by atoms with E-state index < -0.39 is 15.8 Å². The lowest BCUT2D eigenvalue weighted by Crippen LogP contribution is -2.31. The normalized spacial score (nSPS) is 14.6. The van der Waals surface area contributed by atoms with E-state index in [1.165, 1.54) is 7.11 Å². The number of methoxy groups -OCH3 is 1. The van der Waals surface area contributed by atoms with Crippen LogP contribution in [0.3, 0.4) is 0 Å². The van der Waals surface area contributed by atoms with Crippen molar-refractivity contribution in [2.75, 3.05) is 20.3 Å². The Morgan fingerprint density at radius 3 is 2.50 bits per heavy atom. The molecule has 0 amide bonds. The van der Waals surface area contributed by atoms with Crippen LogP contribution in [0.5, 0.6) is 0 Å². The molecule has 4 nitrogen and oxygen atoms in total. The van der Waals surface area contributed by atoms with Gasteiger partial charge in [-0.1, -0.05) is 15.9 Å². The summed E-state index contributed by atoms with van der Waals surface area (Å²) >= 11 is 3.20. The zero-order chi connectivity index (χ0) is 11.2. The molecule has 0 aliphatic rings. The number of hydrogen-bond donors (Lipinski definition) is 1. The predicted octanol–water partition coefficient (Wildman–Crippen LogP) is 0.928. The Labute approximate surface area is 90.2 Å². The Hall–Kier alpha value is 0.210. The van der Waals surface area contributed by atoms with E-state index in [1.807, 2.05) is 0 Å². The summed E-state index contributed by atoms with van der Waals surface area (Å²) in [6, 6.07) is 0. The second-order valence-corrected chi connectivity index (χ2v) is 5.57. The van der Waals surface area contributed by atoms with Crippen molar-refractivity contribution in [3.05, 3.63) is 0 Å². The van der Waals surface area contributed by atoms with Gasteiger partial charge in [0.05, 0.1) is 6.61 Å². The summed E-state index contributed by atoms with van der Waals surface area (Å²) in [6.45, 7) is 0.363. The Balaban J connectivity index is 3.74. The summed E-state index contributed by atoms with van der Waals surface area (Å²) in [4.78, 5) is -0.0483. The molecule has 0 aromatic carbocycles. The number of ether oxygens (including phenoxy) is 1. The molecule has 0 aliphatic heterocycles. The Morgan fingerprint density at radius 1 is 1.50 bits per heavy atom. The van der Waals surface area contributed by atoms with E-state index in [2.05, 4.69) is 15.9 Å². The lowest BCUT2D eigenvalue weighted by molar-refractivity contribution is 0.198. The Kier molecular flexibility index (Phi) is 6.75. The molecule has 0 aromatic heterocycles. The summed E-state index contributed by atoms with van der Waals surface area (Å²) in [5.41, 5.74) is 0. The van der Waals surface area contributed by atoms with Crippen LogP contribution in [-0.2, 0) is 14.8 Å². The monoisotopic (exact) mass is 295 g/mol. The number of sulfonamides is 1. The first-order valence-corrected chi connectivity index (χ1v) is 6.26. The third kappa shape index (κ3) is 5.84. The zero-order valence-electron chi connectivity index (χ0n) is 7.54. The molecular formula is C6H12BrF2NO3S. The van der Waals surface area contributed by atoms with Gasteiger partial charge in [0.25, 0.3) is 10.0 Å². The van der Waals surface area contributed by atoms with Gasteiger partial charge >= 0.3 is 5.76 Å². The molecule has 0 fully saturated rings. The summed E-state index contributed by atoms with van der Waals surface area (Å²) in [5, 5.41) is 0. The molecule has 0 saturated carbocycles. The minimum absolute atomic E-state index is 0.0358. The molecule has 0 spiro atoms. The second-order valence-electron chi connectivity index (χ2n) is 2.54. The first-order chi connectivity index (χ1) is 6.40. The van der Waals surface area contributed by atoms with Crippen LogP contribution in [0.4, 0.5) is 8.78 Å². The van der Waals surface area contributed by atoms with E-state index in [-0.39, 0.29) is 11.4 Å². The van der Waals surface area contributed by atoms with Crippen LogP contribution in [0.25, 0.3) is 0 Å². The molecule has 86 valence electrons. The van der Waals surface area contributed by atoms with E-state index in [1.54, 1.807) is 4.72 Å². The number of alkyl halides is 3. The molecular weight excluding hydrogens is 284 g/mol. The Morgan fingerprint density at radius 2 is 2.07 bits per heavy atom. The molecule has 1 unspecified atom stereocenters. The highest BCUT2D eigenvalue weighted by atomic mass is 79.9. The average molecular weight is 296 g/mol. The van der Waals surface area contributed by atoms with Gasteiger partial charge in [0.2, 0.25) is 0 Å². The molecule has 0 radical (unpaired) electrons. The number of rotatable bonds is 7. The number of hydrogen-bond acceptors (Lipinski definition) is 3. The van der Waals surface area contributed by atoms with Gasteiger partial charge in [-0.2, -0.15) is 8.78 Å². The van der Waals surface area contributed by atoms with Crippen LogP contribution >= 0.6 is 15.9 Å². The second kappa shape index (κ2) is 6.65. The van der Waals surface area contributed by atoms with Crippen LogP contribution in [0.2, 0.25) is 0 Å². The minimum Gasteiger partial charge on any atom is -0.384 e. The van der Waals surface area contributed by atoms with Crippen molar-refractivity contribution in [3.63, 3.8) is 0 Å². The molecule has 0 aliphatic carbocycles. The molecule has 0 rings (SSSR count). The SMILES string of the molecule is COCC(Br)CCNS(=O)(=O)C(F)F. The van der Waals surface area contributed by atoms with Crippen molar-refractivity contribution >= 4 is 26.0 Å². The van der Waals surface area contributed by atoms with Crippen LogP contribution in [0.1, 0.15) is 6.42 Å². The van der Waals surface area contributed by atoms with Gasteiger partial charge in [-0.25, -0.2) is 13.1 Å². The fourth-order valence-corrected chi connectivity index (χ4v) is 1.71. The van der Waals surface area contributed by atoms with E-state index >= 15 is 0 Å². The van der Waals surface area contributed by atoms with Gasteiger partial charge in [-0.05, 0) is 6.42 Å². The highest BCUT2D eigenvalue weighted by Crippen LogP contribution is 2.06. The standard InChI is InChI=1S/C6H12BrF2NO3S/c1-13-4-5(7)2-3-10-14(11,12)6(8)9/h5-6,10H,2-4H2,1H3. The molecule has 1 N–H and O–H groups in total. The summed E-state index contributed by atoms with van der Waals surface area (Å²) in [7, 11) is -2.96. The van der Waals surface area contributed by atoms with Crippen LogP contribution in [-0.4, -0.2) is 39.3 Å². The maximum Gasteiger partial charge on any atom is 0.350 e. The zero-order valence-corrected chi connectivity index (χ0v) is 9.95. The largest absolute Gasteiger partial charge is 0.384 e. The van der Waals surface area contributed by atoms with E-state index in [0.29, 0.717) is 13.0 Å². The highest BCUT2D eigenvalue weighted by Gasteiger charge is 2.22. The van der Waals surface area contributed by atoms with Gasteiger partial charge in [0.1, 0.15) is 0 Å². The first-order valence-electron chi connectivity index (χ1n) is 3.79. The van der Waals surface area contributed by atoms with Crippen molar-refractivity contribution in [3.8, 4) is 0 Å². The molecule has 0 saturated heterocycles. The van der Waals surface area contributed by atoms with Gasteiger partial charge in [0.15, 0.2) is 0 Å². The number of halogens is 3. The van der Waals surface area contributed by atoms with Crippen molar-refractivity contribution in [1.29, 1.82) is 0 Å². The molecule has 14 heavy (non-hydrogen) atoms. The van der Waals surface area contributed by atoms with Crippen molar-refractivity contribution in [2.24, 2.45) is 0 Å². The van der Waals surface area contributed by atoms with Crippen molar-refractivity contribution in [1.82, 2.24) is 4.72 Å². The average Bonchev–Trinajstić information content (AvgIpc) is 2.04. The van der Waals surface area contributed by atoms with Crippen molar-refractivity contribution in [2.45, 2.75) is 17.0 Å². The van der Waals surface area contributed by atoms with Crippen molar-refractivity contribution < 1.29 is 21.9 Å². The number of nitrogens with one attached hydrogen (secondary N) is 1. The van der Waals surface area contributed by atoms with Crippen LogP contribution < -0.4 is 4.72 Å². The lowest BCUT2D eigenvalue weighted by atomic mass is 10.3. The molecule has 0 heterocycles. The van der Waals surface area contributed by atoms with E-state index in [9.17, 15) is 17.2 Å².